The smallest absolute Gasteiger partial charge is 0.307 e. The Bertz CT molecular complexity index is 1150. The third-order valence-electron chi connectivity index (χ3n) is 5.21. The Morgan fingerprint density at radius 2 is 1.63 bits per heavy atom. The van der Waals surface area contributed by atoms with Crippen molar-refractivity contribution in [3.8, 4) is 5.75 Å². The van der Waals surface area contributed by atoms with E-state index in [1.165, 1.54) is 0 Å². The summed E-state index contributed by atoms with van der Waals surface area (Å²) in [6.45, 7) is 1.24. The predicted octanol–water partition coefficient (Wildman–Crippen LogP) is 4.94. The molecule has 4 rings (SSSR count). The molecule has 30 heavy (non-hydrogen) atoms. The van der Waals surface area contributed by atoms with Crippen LogP contribution in [0, 0.1) is 0 Å². The SMILES string of the molecule is COc1ccc(CNc2c(CC(=O)O)c3ccccc3n2Cc2ccccc2)cc1. The fraction of sp³-hybridized carbons (Fsp3) is 0.160. The van der Waals surface area contributed by atoms with Crippen LogP contribution in [-0.4, -0.2) is 22.8 Å². The van der Waals surface area contributed by atoms with Crippen LogP contribution in [0.2, 0.25) is 0 Å². The first kappa shape index (κ1) is 19.6. The number of para-hydroxylation sites is 1. The van der Waals surface area contributed by atoms with Crippen LogP contribution < -0.4 is 10.1 Å². The monoisotopic (exact) mass is 400 g/mol. The number of nitrogens with one attached hydrogen (secondary N) is 1. The van der Waals surface area contributed by atoms with Gasteiger partial charge >= 0.3 is 5.97 Å². The molecule has 0 aliphatic carbocycles. The molecule has 0 fully saturated rings. The van der Waals surface area contributed by atoms with E-state index >= 15 is 0 Å². The zero-order chi connectivity index (χ0) is 20.9. The molecule has 5 heteroatoms. The Balaban J connectivity index is 1.75. The summed E-state index contributed by atoms with van der Waals surface area (Å²) >= 11 is 0. The van der Waals surface area contributed by atoms with Gasteiger partial charge in [0.05, 0.1) is 19.0 Å². The van der Waals surface area contributed by atoms with Crippen LogP contribution in [0.5, 0.6) is 5.75 Å². The summed E-state index contributed by atoms with van der Waals surface area (Å²) in [4.78, 5) is 11.6. The molecule has 4 aromatic rings. The Morgan fingerprint density at radius 3 is 2.33 bits per heavy atom. The number of benzene rings is 3. The molecule has 1 heterocycles. The molecule has 0 amide bonds. The Kier molecular flexibility index (Phi) is 5.70. The van der Waals surface area contributed by atoms with Crippen molar-refractivity contribution >= 4 is 22.7 Å². The number of carboxylic acid groups (broad SMARTS) is 1. The van der Waals surface area contributed by atoms with E-state index in [9.17, 15) is 9.90 Å². The minimum Gasteiger partial charge on any atom is -0.497 e. The lowest BCUT2D eigenvalue weighted by Gasteiger charge is -2.15. The van der Waals surface area contributed by atoms with Gasteiger partial charge in [-0.25, -0.2) is 0 Å². The second-order valence-corrected chi connectivity index (χ2v) is 7.19. The number of methoxy groups -OCH3 is 1. The molecular formula is C25H24N2O3. The number of rotatable bonds is 8. The quantitative estimate of drug-likeness (QED) is 0.440. The van der Waals surface area contributed by atoms with Gasteiger partial charge in [-0.15, -0.1) is 0 Å². The number of nitrogens with zero attached hydrogens (tertiary/aromatic N) is 1. The Morgan fingerprint density at radius 1 is 0.933 bits per heavy atom. The minimum absolute atomic E-state index is 0.0345. The first-order valence-electron chi connectivity index (χ1n) is 9.88. The molecule has 0 unspecified atom stereocenters. The van der Waals surface area contributed by atoms with Crippen molar-refractivity contribution < 1.29 is 14.6 Å². The van der Waals surface area contributed by atoms with Crippen LogP contribution in [0.3, 0.4) is 0 Å². The third kappa shape index (κ3) is 4.15. The Hall–Kier alpha value is -3.73. The van der Waals surface area contributed by atoms with Crippen LogP contribution in [0.1, 0.15) is 16.7 Å². The van der Waals surface area contributed by atoms with E-state index < -0.39 is 5.97 Å². The van der Waals surface area contributed by atoms with Gasteiger partial charge in [0.1, 0.15) is 11.6 Å². The number of fused-ring (bicyclic) bond motifs is 1. The minimum atomic E-state index is -0.842. The van der Waals surface area contributed by atoms with E-state index in [1.807, 2.05) is 66.7 Å². The van der Waals surface area contributed by atoms with Crippen molar-refractivity contribution in [3.63, 3.8) is 0 Å². The molecule has 1 aromatic heterocycles. The van der Waals surface area contributed by atoms with Crippen molar-refractivity contribution in [2.75, 3.05) is 12.4 Å². The zero-order valence-corrected chi connectivity index (χ0v) is 16.8. The third-order valence-corrected chi connectivity index (χ3v) is 5.21. The number of hydrogen-bond acceptors (Lipinski definition) is 3. The molecule has 152 valence electrons. The molecule has 0 atom stereocenters. The first-order valence-corrected chi connectivity index (χ1v) is 9.88. The molecule has 0 radical (unpaired) electrons. The fourth-order valence-electron chi connectivity index (χ4n) is 3.77. The normalized spacial score (nSPS) is 10.8. The molecule has 0 saturated carbocycles. The topological polar surface area (TPSA) is 63.5 Å². The molecule has 0 aliphatic heterocycles. The zero-order valence-electron chi connectivity index (χ0n) is 16.8. The van der Waals surface area contributed by atoms with E-state index in [0.29, 0.717) is 13.1 Å². The second kappa shape index (κ2) is 8.74. The highest BCUT2D eigenvalue weighted by molar-refractivity contribution is 5.93. The summed E-state index contributed by atoms with van der Waals surface area (Å²) in [5.74, 6) is 0.812. The van der Waals surface area contributed by atoms with Crippen LogP contribution in [0.15, 0.2) is 78.9 Å². The number of aliphatic carboxylic acids is 1. The molecule has 5 nitrogen and oxygen atoms in total. The van der Waals surface area contributed by atoms with Gasteiger partial charge in [0.25, 0.3) is 0 Å². The van der Waals surface area contributed by atoms with Crippen molar-refractivity contribution in [2.24, 2.45) is 0 Å². The maximum atomic E-state index is 11.6. The van der Waals surface area contributed by atoms with Crippen molar-refractivity contribution in [1.29, 1.82) is 0 Å². The number of carbonyl (C=O) groups is 1. The number of ether oxygens (including phenoxy) is 1. The summed E-state index contributed by atoms with van der Waals surface area (Å²) in [6, 6.07) is 26.0. The van der Waals surface area contributed by atoms with Gasteiger partial charge in [0.2, 0.25) is 0 Å². The van der Waals surface area contributed by atoms with Crippen molar-refractivity contribution in [2.45, 2.75) is 19.5 Å². The number of carboxylic acids is 1. The van der Waals surface area contributed by atoms with Gasteiger partial charge in [-0.05, 0) is 29.3 Å². The summed E-state index contributed by atoms with van der Waals surface area (Å²) in [5, 5.41) is 14.0. The lowest BCUT2D eigenvalue weighted by atomic mass is 10.1. The molecule has 2 N–H and O–H groups in total. The van der Waals surface area contributed by atoms with Gasteiger partial charge in [0, 0.05) is 24.0 Å². The standard InChI is InChI=1S/C25H24N2O3/c1-30-20-13-11-18(12-14-20)16-26-25-22(15-24(28)29)21-9-5-6-10-23(21)27(25)17-19-7-3-2-4-8-19/h2-14,26H,15-17H2,1H3,(H,28,29). The molecule has 0 spiro atoms. The number of anilines is 1. The highest BCUT2D eigenvalue weighted by Gasteiger charge is 2.19. The molecule has 0 aliphatic rings. The van der Waals surface area contributed by atoms with Crippen LogP contribution in [0.4, 0.5) is 5.82 Å². The Labute approximate surface area is 175 Å². The predicted molar refractivity (Wildman–Crippen MR) is 119 cm³/mol. The van der Waals surface area contributed by atoms with Crippen molar-refractivity contribution in [3.05, 3.63) is 95.6 Å². The van der Waals surface area contributed by atoms with E-state index in [1.54, 1.807) is 7.11 Å². The van der Waals surface area contributed by atoms with Crippen LogP contribution in [0.25, 0.3) is 10.9 Å². The van der Waals surface area contributed by atoms with Gasteiger partial charge in [0.15, 0.2) is 0 Å². The highest BCUT2D eigenvalue weighted by atomic mass is 16.5. The van der Waals surface area contributed by atoms with Gasteiger partial charge in [-0.3, -0.25) is 4.79 Å². The summed E-state index contributed by atoms with van der Waals surface area (Å²) in [6.07, 6.45) is -0.0345. The molecular weight excluding hydrogens is 376 g/mol. The van der Waals surface area contributed by atoms with E-state index in [4.69, 9.17) is 4.74 Å². The van der Waals surface area contributed by atoms with Crippen LogP contribution >= 0.6 is 0 Å². The van der Waals surface area contributed by atoms with Gasteiger partial charge in [-0.1, -0.05) is 60.7 Å². The first-order chi connectivity index (χ1) is 14.7. The average Bonchev–Trinajstić information content (AvgIpc) is 3.05. The summed E-state index contributed by atoms with van der Waals surface area (Å²) in [7, 11) is 1.65. The largest absolute Gasteiger partial charge is 0.497 e. The van der Waals surface area contributed by atoms with E-state index in [2.05, 4.69) is 22.0 Å². The molecule has 0 bridgehead atoms. The highest BCUT2D eigenvalue weighted by Crippen LogP contribution is 2.32. The average molecular weight is 400 g/mol. The lowest BCUT2D eigenvalue weighted by Crippen LogP contribution is -2.11. The second-order valence-electron chi connectivity index (χ2n) is 7.19. The number of hydrogen-bond donors (Lipinski definition) is 2. The maximum Gasteiger partial charge on any atom is 0.307 e. The van der Waals surface area contributed by atoms with E-state index in [-0.39, 0.29) is 6.42 Å². The van der Waals surface area contributed by atoms with Gasteiger partial charge in [-0.2, -0.15) is 0 Å². The summed E-state index contributed by atoms with van der Waals surface area (Å²) in [5.41, 5.74) is 4.08. The molecule has 0 saturated heterocycles. The van der Waals surface area contributed by atoms with Gasteiger partial charge < -0.3 is 19.7 Å². The van der Waals surface area contributed by atoms with Crippen LogP contribution in [-0.2, 0) is 24.3 Å². The fourth-order valence-corrected chi connectivity index (χ4v) is 3.77. The maximum absolute atomic E-state index is 11.6. The van der Waals surface area contributed by atoms with Crippen molar-refractivity contribution in [1.82, 2.24) is 4.57 Å². The lowest BCUT2D eigenvalue weighted by molar-refractivity contribution is -0.136. The molecule has 3 aromatic carbocycles. The van der Waals surface area contributed by atoms with E-state index in [0.717, 1.165) is 39.2 Å². The summed E-state index contributed by atoms with van der Waals surface area (Å²) < 4.78 is 7.40. The number of aromatic nitrogens is 1.